The zero-order valence-electron chi connectivity index (χ0n) is 12.9. The first-order chi connectivity index (χ1) is 11.8. The van der Waals surface area contributed by atoms with Gasteiger partial charge in [-0.3, -0.25) is 4.79 Å². The van der Waals surface area contributed by atoms with Crippen LogP contribution in [0.5, 0.6) is 0 Å². The van der Waals surface area contributed by atoms with Crippen LogP contribution in [0.1, 0.15) is 22.2 Å². The fourth-order valence-corrected chi connectivity index (χ4v) is 2.37. The zero-order valence-corrected chi connectivity index (χ0v) is 12.9. The van der Waals surface area contributed by atoms with Crippen LogP contribution in [0.25, 0.3) is 0 Å². The molecule has 0 atom stereocenters. The van der Waals surface area contributed by atoms with E-state index >= 15 is 0 Å². The molecule has 5 heteroatoms. The summed E-state index contributed by atoms with van der Waals surface area (Å²) >= 11 is 0. The van der Waals surface area contributed by atoms with Gasteiger partial charge < -0.3 is 14.8 Å². The van der Waals surface area contributed by atoms with Crippen LogP contribution in [0.4, 0.5) is 5.69 Å². The van der Waals surface area contributed by atoms with Gasteiger partial charge in [0.25, 0.3) is 0 Å². The van der Waals surface area contributed by atoms with Crippen LogP contribution in [-0.2, 0) is 9.47 Å². The number of hydrogen-bond donors (Lipinski definition) is 1. The van der Waals surface area contributed by atoms with Crippen molar-refractivity contribution in [3.63, 3.8) is 0 Å². The van der Waals surface area contributed by atoms with E-state index in [0.717, 1.165) is 11.3 Å². The van der Waals surface area contributed by atoms with Gasteiger partial charge in [0, 0.05) is 23.0 Å². The standard InChI is InChI=1S/C19H16N2O3/c20-12-16(13-21-17-7-2-1-3-8-17)18(22)14-5-4-6-15(11-14)19-23-9-10-24-19/h1-8,11,13,19,21H,9-10H2. The molecule has 24 heavy (non-hydrogen) atoms. The first kappa shape index (κ1) is 15.9. The van der Waals surface area contributed by atoms with Crippen LogP contribution in [0, 0.1) is 11.3 Å². The lowest BCUT2D eigenvalue weighted by molar-refractivity contribution is -0.0441. The molecule has 0 saturated carbocycles. The molecule has 0 amide bonds. The van der Waals surface area contributed by atoms with E-state index in [2.05, 4.69) is 5.32 Å². The van der Waals surface area contributed by atoms with Crippen molar-refractivity contribution in [1.29, 1.82) is 5.26 Å². The van der Waals surface area contributed by atoms with E-state index in [1.165, 1.54) is 6.20 Å². The minimum atomic E-state index is -0.449. The first-order valence-corrected chi connectivity index (χ1v) is 7.57. The SMILES string of the molecule is N#CC(=CNc1ccccc1)C(=O)c1cccc(C2OCCO2)c1. The molecule has 1 saturated heterocycles. The molecule has 0 unspecified atom stereocenters. The predicted molar refractivity (Wildman–Crippen MR) is 89.2 cm³/mol. The number of ether oxygens (including phenoxy) is 2. The molecule has 1 fully saturated rings. The summed E-state index contributed by atoms with van der Waals surface area (Å²) in [5.74, 6) is -0.347. The lowest BCUT2D eigenvalue weighted by atomic mass is 10.0. The van der Waals surface area contributed by atoms with Gasteiger partial charge in [-0.2, -0.15) is 5.26 Å². The largest absolute Gasteiger partial charge is 0.360 e. The lowest BCUT2D eigenvalue weighted by Crippen LogP contribution is -2.06. The number of ketones is 1. The van der Waals surface area contributed by atoms with Gasteiger partial charge in [0.1, 0.15) is 11.6 Å². The summed E-state index contributed by atoms with van der Waals surface area (Å²) in [6.07, 6.45) is 0.974. The minimum absolute atomic E-state index is 0.0317. The van der Waals surface area contributed by atoms with Crippen molar-refractivity contribution in [3.05, 3.63) is 77.5 Å². The number of carbonyl (C=O) groups is 1. The Morgan fingerprint density at radius 1 is 1.12 bits per heavy atom. The molecular formula is C19H16N2O3. The van der Waals surface area contributed by atoms with Crippen molar-refractivity contribution in [2.75, 3.05) is 18.5 Å². The van der Waals surface area contributed by atoms with E-state index in [0.29, 0.717) is 18.8 Å². The Hall–Kier alpha value is -2.94. The fourth-order valence-electron chi connectivity index (χ4n) is 2.37. The van der Waals surface area contributed by atoms with Crippen molar-refractivity contribution in [2.24, 2.45) is 0 Å². The third-order valence-electron chi connectivity index (χ3n) is 3.56. The van der Waals surface area contributed by atoms with Crippen LogP contribution >= 0.6 is 0 Å². The molecule has 5 nitrogen and oxygen atoms in total. The number of nitrogens with one attached hydrogen (secondary N) is 1. The average molecular weight is 320 g/mol. The Morgan fingerprint density at radius 2 is 1.88 bits per heavy atom. The van der Waals surface area contributed by atoms with Gasteiger partial charge in [-0.05, 0) is 18.2 Å². The topological polar surface area (TPSA) is 71.4 Å². The van der Waals surface area contributed by atoms with Gasteiger partial charge in [0.2, 0.25) is 5.78 Å². The van der Waals surface area contributed by atoms with Crippen LogP contribution in [0.15, 0.2) is 66.4 Å². The number of carbonyl (C=O) groups excluding carboxylic acids is 1. The number of rotatable bonds is 5. The maximum atomic E-state index is 12.6. The Labute approximate surface area is 140 Å². The molecule has 2 aromatic carbocycles. The van der Waals surface area contributed by atoms with Crippen LogP contribution in [-0.4, -0.2) is 19.0 Å². The summed E-state index contributed by atoms with van der Waals surface area (Å²) in [6, 6.07) is 18.3. The number of para-hydroxylation sites is 1. The summed E-state index contributed by atoms with van der Waals surface area (Å²) in [5, 5.41) is 12.2. The smallest absolute Gasteiger partial charge is 0.205 e. The number of benzene rings is 2. The highest BCUT2D eigenvalue weighted by Crippen LogP contribution is 2.24. The summed E-state index contributed by atoms with van der Waals surface area (Å²) in [4.78, 5) is 12.6. The van der Waals surface area contributed by atoms with Crippen LogP contribution in [0.3, 0.4) is 0 Å². The van der Waals surface area contributed by atoms with Crippen molar-refractivity contribution in [3.8, 4) is 6.07 Å². The fraction of sp³-hybridized carbons (Fsp3) is 0.158. The van der Waals surface area contributed by atoms with E-state index in [4.69, 9.17) is 9.47 Å². The second kappa shape index (κ2) is 7.55. The number of Topliss-reactive ketones (excluding diaryl/α,β-unsaturated/α-hetero) is 1. The van der Waals surface area contributed by atoms with Crippen LogP contribution < -0.4 is 5.32 Å². The first-order valence-electron chi connectivity index (χ1n) is 7.57. The molecule has 0 aromatic heterocycles. The minimum Gasteiger partial charge on any atom is -0.360 e. The van der Waals surface area contributed by atoms with E-state index in [1.54, 1.807) is 18.2 Å². The van der Waals surface area contributed by atoms with Crippen molar-refractivity contribution >= 4 is 11.5 Å². The second-order valence-corrected chi connectivity index (χ2v) is 5.21. The van der Waals surface area contributed by atoms with E-state index in [-0.39, 0.29) is 11.4 Å². The number of nitrogens with zero attached hydrogens (tertiary/aromatic N) is 1. The molecule has 0 aliphatic carbocycles. The molecule has 1 aliphatic rings. The number of allylic oxidation sites excluding steroid dienone is 1. The molecule has 3 rings (SSSR count). The molecule has 0 radical (unpaired) electrons. The quantitative estimate of drug-likeness (QED) is 0.519. The number of anilines is 1. The van der Waals surface area contributed by atoms with Crippen LogP contribution in [0.2, 0.25) is 0 Å². The normalized spacial score (nSPS) is 15.0. The highest BCUT2D eigenvalue weighted by atomic mass is 16.7. The molecule has 1 N–H and O–H groups in total. The number of nitriles is 1. The van der Waals surface area contributed by atoms with Crippen molar-refractivity contribution < 1.29 is 14.3 Å². The third-order valence-corrected chi connectivity index (χ3v) is 3.56. The van der Waals surface area contributed by atoms with E-state index < -0.39 is 6.29 Å². The summed E-state index contributed by atoms with van der Waals surface area (Å²) in [5.41, 5.74) is 2.03. The summed E-state index contributed by atoms with van der Waals surface area (Å²) in [6.45, 7) is 1.07. The highest BCUT2D eigenvalue weighted by molar-refractivity contribution is 6.11. The van der Waals surface area contributed by atoms with E-state index in [1.807, 2.05) is 42.5 Å². The van der Waals surface area contributed by atoms with E-state index in [9.17, 15) is 10.1 Å². The lowest BCUT2D eigenvalue weighted by Gasteiger charge is -2.10. The predicted octanol–water partition coefficient (Wildman–Crippen LogP) is 3.43. The summed E-state index contributed by atoms with van der Waals surface area (Å²) < 4.78 is 10.9. The highest BCUT2D eigenvalue weighted by Gasteiger charge is 2.20. The van der Waals surface area contributed by atoms with Gasteiger partial charge >= 0.3 is 0 Å². The molecule has 120 valence electrons. The zero-order chi connectivity index (χ0) is 16.8. The Morgan fingerprint density at radius 3 is 2.58 bits per heavy atom. The number of hydrogen-bond acceptors (Lipinski definition) is 5. The second-order valence-electron chi connectivity index (χ2n) is 5.21. The Balaban J connectivity index is 1.78. The Kier molecular flexibility index (Phi) is 5.02. The Bertz CT molecular complexity index is 788. The molecule has 0 bridgehead atoms. The third kappa shape index (κ3) is 3.69. The molecule has 1 heterocycles. The molecule has 0 spiro atoms. The van der Waals surface area contributed by atoms with Gasteiger partial charge in [-0.15, -0.1) is 0 Å². The molecule has 1 aliphatic heterocycles. The van der Waals surface area contributed by atoms with Gasteiger partial charge in [0.15, 0.2) is 6.29 Å². The maximum Gasteiger partial charge on any atom is 0.205 e. The average Bonchev–Trinajstić information content (AvgIpc) is 3.18. The molecular weight excluding hydrogens is 304 g/mol. The van der Waals surface area contributed by atoms with Gasteiger partial charge in [-0.1, -0.05) is 36.4 Å². The van der Waals surface area contributed by atoms with Crippen molar-refractivity contribution in [2.45, 2.75) is 6.29 Å². The molecule has 2 aromatic rings. The van der Waals surface area contributed by atoms with Crippen molar-refractivity contribution in [1.82, 2.24) is 0 Å². The maximum absolute atomic E-state index is 12.6. The monoisotopic (exact) mass is 320 g/mol. The van der Waals surface area contributed by atoms with Gasteiger partial charge in [-0.25, -0.2) is 0 Å². The van der Waals surface area contributed by atoms with Gasteiger partial charge in [0.05, 0.1) is 13.2 Å². The summed E-state index contributed by atoms with van der Waals surface area (Å²) in [7, 11) is 0.